The van der Waals surface area contributed by atoms with Gasteiger partial charge in [-0.3, -0.25) is 24.0 Å². The highest BCUT2D eigenvalue weighted by Crippen LogP contribution is 2.10. The zero-order chi connectivity index (χ0) is 27.3. The molecule has 11 N–H and O–H groups in total. The van der Waals surface area contributed by atoms with Crippen molar-refractivity contribution in [2.75, 3.05) is 19.0 Å². The van der Waals surface area contributed by atoms with Gasteiger partial charge < -0.3 is 48.1 Å². The molecule has 0 aromatic heterocycles. The first-order valence-electron chi connectivity index (χ1n) is 10.6. The summed E-state index contributed by atoms with van der Waals surface area (Å²) in [6.07, 6.45) is -0.297. The SMILES string of the molecule is CC[C@H](C)[C@H](NC(=O)[C@H](CS)NC(=O)[C@@H](N)CO)C(=O)N[C@@H](CC(N)=O)C(=O)N[C@@H](CO)C(=O)O. The van der Waals surface area contributed by atoms with Crippen molar-refractivity contribution in [1.82, 2.24) is 21.3 Å². The van der Waals surface area contributed by atoms with E-state index in [0.29, 0.717) is 6.42 Å². The summed E-state index contributed by atoms with van der Waals surface area (Å²) in [5.74, 6) is -6.79. The molecule has 0 rings (SSSR count). The van der Waals surface area contributed by atoms with Crippen LogP contribution in [0.25, 0.3) is 0 Å². The van der Waals surface area contributed by atoms with Gasteiger partial charge in [0, 0.05) is 5.75 Å². The number of rotatable bonds is 16. The first-order chi connectivity index (χ1) is 16.3. The Labute approximate surface area is 207 Å². The van der Waals surface area contributed by atoms with E-state index in [4.69, 9.17) is 26.8 Å². The molecular formula is C19H34N6O9S. The third-order valence-corrected chi connectivity index (χ3v) is 5.34. The predicted molar refractivity (Wildman–Crippen MR) is 125 cm³/mol. The maximum atomic E-state index is 13.0. The highest BCUT2D eigenvalue weighted by molar-refractivity contribution is 7.80. The van der Waals surface area contributed by atoms with Crippen molar-refractivity contribution in [2.45, 2.75) is 56.9 Å². The van der Waals surface area contributed by atoms with E-state index in [1.54, 1.807) is 13.8 Å². The summed E-state index contributed by atoms with van der Waals surface area (Å²) < 4.78 is 0. The standard InChI is InChI=1S/C19H34N6O9S/c1-3-8(2)14(25-17(31)12(7-35)24-15(29)9(20)5-26)18(32)22-10(4-13(21)28)16(30)23-11(6-27)19(33)34/h8-12,14,26-27,35H,3-7,20H2,1-2H3,(H2,21,28)(H,22,32)(H,23,30)(H,24,29)(H,25,31)(H,33,34)/t8-,9-,10-,11-,12-,14-/m0/s1. The molecule has 200 valence electrons. The zero-order valence-corrected chi connectivity index (χ0v) is 20.3. The van der Waals surface area contributed by atoms with Crippen LogP contribution < -0.4 is 32.7 Å². The molecule has 0 bridgehead atoms. The van der Waals surface area contributed by atoms with E-state index in [2.05, 4.69) is 28.6 Å². The van der Waals surface area contributed by atoms with Crippen molar-refractivity contribution in [3.63, 3.8) is 0 Å². The first kappa shape index (κ1) is 32.0. The van der Waals surface area contributed by atoms with E-state index in [0.717, 1.165) is 0 Å². The molecule has 35 heavy (non-hydrogen) atoms. The normalized spacial score (nSPS) is 15.9. The number of hydrogen-bond acceptors (Lipinski definition) is 10. The number of nitrogens with one attached hydrogen (secondary N) is 4. The van der Waals surface area contributed by atoms with Gasteiger partial charge in [0.15, 0.2) is 0 Å². The molecule has 0 spiro atoms. The molecule has 0 heterocycles. The molecule has 16 heteroatoms. The van der Waals surface area contributed by atoms with Crippen LogP contribution in [-0.4, -0.2) is 100 Å². The Hall–Kier alpha value is -2.95. The number of carbonyl (C=O) groups is 6. The molecule has 0 radical (unpaired) electrons. The molecule has 0 fully saturated rings. The predicted octanol–water partition coefficient (Wildman–Crippen LogP) is -4.83. The first-order valence-corrected chi connectivity index (χ1v) is 11.3. The van der Waals surface area contributed by atoms with E-state index < -0.39 is 91.3 Å². The molecular weight excluding hydrogens is 488 g/mol. The number of aliphatic hydroxyl groups excluding tert-OH is 2. The van der Waals surface area contributed by atoms with Gasteiger partial charge in [-0.2, -0.15) is 12.6 Å². The third-order valence-electron chi connectivity index (χ3n) is 4.98. The van der Waals surface area contributed by atoms with Crippen LogP contribution in [0.5, 0.6) is 0 Å². The number of primary amides is 1. The number of carboxylic acid groups (broad SMARTS) is 1. The summed E-state index contributed by atoms with van der Waals surface area (Å²) in [6, 6.07) is -7.02. The van der Waals surface area contributed by atoms with Gasteiger partial charge in [-0.25, -0.2) is 4.79 Å². The van der Waals surface area contributed by atoms with Crippen LogP contribution in [0.1, 0.15) is 26.7 Å². The molecule has 5 amide bonds. The summed E-state index contributed by atoms with van der Waals surface area (Å²) in [4.78, 5) is 72.5. The van der Waals surface area contributed by atoms with Crippen molar-refractivity contribution in [3.05, 3.63) is 0 Å². The van der Waals surface area contributed by atoms with Gasteiger partial charge >= 0.3 is 5.97 Å². The van der Waals surface area contributed by atoms with Gasteiger partial charge in [-0.1, -0.05) is 20.3 Å². The lowest BCUT2D eigenvalue weighted by molar-refractivity contribution is -0.143. The van der Waals surface area contributed by atoms with E-state index in [1.807, 2.05) is 5.32 Å². The molecule has 0 aromatic rings. The smallest absolute Gasteiger partial charge is 0.328 e. The van der Waals surface area contributed by atoms with Crippen LogP contribution in [-0.2, 0) is 28.8 Å². The number of hydrogen-bond donors (Lipinski definition) is 10. The zero-order valence-electron chi connectivity index (χ0n) is 19.4. The molecule has 0 aliphatic heterocycles. The van der Waals surface area contributed by atoms with Gasteiger partial charge in [-0.15, -0.1) is 0 Å². The van der Waals surface area contributed by atoms with Crippen LogP contribution in [0.2, 0.25) is 0 Å². The number of aliphatic carboxylic acids is 1. The van der Waals surface area contributed by atoms with Crippen LogP contribution in [0.3, 0.4) is 0 Å². The third kappa shape index (κ3) is 10.9. The Kier molecular flexibility index (Phi) is 14.5. The van der Waals surface area contributed by atoms with Gasteiger partial charge in [0.2, 0.25) is 29.5 Å². The van der Waals surface area contributed by atoms with Gasteiger partial charge in [0.05, 0.1) is 19.6 Å². The second-order valence-corrected chi connectivity index (χ2v) is 8.08. The maximum Gasteiger partial charge on any atom is 0.328 e. The highest BCUT2D eigenvalue weighted by atomic mass is 32.1. The number of carboxylic acids is 1. The molecule has 0 aromatic carbocycles. The second-order valence-electron chi connectivity index (χ2n) is 7.72. The molecule has 0 aliphatic rings. The fraction of sp³-hybridized carbons (Fsp3) is 0.684. The number of aliphatic hydroxyl groups is 2. The summed E-state index contributed by atoms with van der Waals surface area (Å²) in [5.41, 5.74) is 10.5. The summed E-state index contributed by atoms with van der Waals surface area (Å²) in [7, 11) is 0. The average Bonchev–Trinajstić information content (AvgIpc) is 2.81. The minimum Gasteiger partial charge on any atom is -0.480 e. The van der Waals surface area contributed by atoms with E-state index in [-0.39, 0.29) is 5.75 Å². The monoisotopic (exact) mass is 522 g/mol. The Morgan fingerprint density at radius 3 is 1.77 bits per heavy atom. The lowest BCUT2D eigenvalue weighted by Crippen LogP contribution is -2.60. The van der Waals surface area contributed by atoms with E-state index >= 15 is 0 Å². The van der Waals surface area contributed by atoms with Crippen molar-refractivity contribution < 1.29 is 44.1 Å². The second kappa shape index (κ2) is 15.9. The van der Waals surface area contributed by atoms with Crippen molar-refractivity contribution >= 4 is 48.1 Å². The quantitative estimate of drug-likeness (QED) is 0.0864. The molecule has 0 unspecified atom stereocenters. The molecule has 0 saturated heterocycles. The fourth-order valence-corrected chi connectivity index (χ4v) is 2.90. The Bertz CT molecular complexity index is 784. The largest absolute Gasteiger partial charge is 0.480 e. The van der Waals surface area contributed by atoms with Crippen LogP contribution >= 0.6 is 12.6 Å². The van der Waals surface area contributed by atoms with Crippen molar-refractivity contribution in [2.24, 2.45) is 17.4 Å². The number of nitrogens with two attached hydrogens (primary N) is 2. The van der Waals surface area contributed by atoms with E-state index in [9.17, 15) is 28.8 Å². The maximum absolute atomic E-state index is 13.0. The molecule has 15 nitrogen and oxygen atoms in total. The number of thiol groups is 1. The lowest BCUT2D eigenvalue weighted by Gasteiger charge is -2.28. The summed E-state index contributed by atoms with van der Waals surface area (Å²) in [6.45, 7) is 1.74. The molecule has 0 saturated carbocycles. The molecule has 6 atom stereocenters. The Balaban J connectivity index is 5.64. The average molecular weight is 523 g/mol. The Morgan fingerprint density at radius 1 is 0.829 bits per heavy atom. The minimum atomic E-state index is -1.69. The number of amides is 5. The fourth-order valence-electron chi connectivity index (χ4n) is 2.64. The number of carbonyl (C=O) groups excluding carboxylic acids is 5. The van der Waals surface area contributed by atoms with Crippen LogP contribution in [0, 0.1) is 5.92 Å². The van der Waals surface area contributed by atoms with Gasteiger partial charge in [-0.05, 0) is 5.92 Å². The van der Waals surface area contributed by atoms with Gasteiger partial charge in [0.1, 0.15) is 30.2 Å². The van der Waals surface area contributed by atoms with Crippen LogP contribution in [0.15, 0.2) is 0 Å². The van der Waals surface area contributed by atoms with Gasteiger partial charge in [0.25, 0.3) is 0 Å². The minimum absolute atomic E-state index is 0.172. The summed E-state index contributed by atoms with van der Waals surface area (Å²) >= 11 is 4.00. The lowest BCUT2D eigenvalue weighted by atomic mass is 9.97. The van der Waals surface area contributed by atoms with E-state index in [1.165, 1.54) is 0 Å². The van der Waals surface area contributed by atoms with Crippen LogP contribution in [0.4, 0.5) is 0 Å². The summed E-state index contributed by atoms with van der Waals surface area (Å²) in [5, 5.41) is 36.0. The molecule has 0 aliphatic carbocycles. The highest BCUT2D eigenvalue weighted by Gasteiger charge is 2.34. The van der Waals surface area contributed by atoms with Crippen molar-refractivity contribution in [1.29, 1.82) is 0 Å². The Morgan fingerprint density at radius 2 is 1.34 bits per heavy atom. The topological polar surface area (TPSA) is 263 Å². The van der Waals surface area contributed by atoms with Crippen molar-refractivity contribution in [3.8, 4) is 0 Å².